The lowest BCUT2D eigenvalue weighted by Crippen LogP contribution is -2.15. The molecule has 0 amide bonds. The van der Waals surface area contributed by atoms with Crippen LogP contribution in [-0.2, 0) is 17.1 Å². The number of rotatable bonds is 5. The van der Waals surface area contributed by atoms with Crippen molar-refractivity contribution in [1.82, 2.24) is 9.78 Å². The molecule has 0 atom stereocenters. The summed E-state index contributed by atoms with van der Waals surface area (Å²) in [4.78, 5) is -0.0680. The van der Waals surface area contributed by atoms with E-state index < -0.39 is 10.0 Å². The largest absolute Gasteiger partial charge is 0.493 e. The van der Waals surface area contributed by atoms with Gasteiger partial charge in [0.05, 0.1) is 25.6 Å². The number of aromatic nitrogens is 2. The molecule has 0 fully saturated rings. The van der Waals surface area contributed by atoms with Crippen LogP contribution in [-0.4, -0.2) is 32.4 Å². The van der Waals surface area contributed by atoms with E-state index in [0.29, 0.717) is 11.4 Å². The number of anilines is 1. The first kappa shape index (κ1) is 16.4. The standard InChI is InChI=1S/C13H16ClN3O4S/c1-8-12(13(14)17(2)15-8)22(18,19)16-9-6-5-7-10(20-3)11(9)21-4/h5-7,16H,1-4H3. The summed E-state index contributed by atoms with van der Waals surface area (Å²) in [7, 11) is 0.557. The van der Waals surface area contributed by atoms with E-state index in [1.807, 2.05) is 0 Å². The third-order valence-corrected chi connectivity index (χ3v) is 5.08. The number of nitrogens with zero attached hydrogens (tertiary/aromatic N) is 2. The molecule has 0 saturated carbocycles. The number of sulfonamides is 1. The quantitative estimate of drug-likeness (QED) is 0.898. The maximum Gasteiger partial charge on any atom is 0.266 e. The molecule has 0 aliphatic rings. The highest BCUT2D eigenvalue weighted by molar-refractivity contribution is 7.92. The Hall–Kier alpha value is -1.93. The van der Waals surface area contributed by atoms with Gasteiger partial charge in [-0.2, -0.15) is 5.10 Å². The third-order valence-electron chi connectivity index (χ3n) is 3.02. The van der Waals surface area contributed by atoms with E-state index in [-0.39, 0.29) is 21.5 Å². The van der Waals surface area contributed by atoms with Gasteiger partial charge in [0.1, 0.15) is 10.0 Å². The van der Waals surface area contributed by atoms with Crippen molar-refractivity contribution in [1.29, 1.82) is 0 Å². The Morgan fingerprint density at radius 2 is 1.95 bits per heavy atom. The molecule has 0 spiro atoms. The molecule has 1 aromatic carbocycles. The van der Waals surface area contributed by atoms with Crippen molar-refractivity contribution in [2.75, 3.05) is 18.9 Å². The van der Waals surface area contributed by atoms with Gasteiger partial charge in [0.15, 0.2) is 11.5 Å². The van der Waals surface area contributed by atoms with Crippen LogP contribution in [0.25, 0.3) is 0 Å². The molecule has 22 heavy (non-hydrogen) atoms. The molecule has 120 valence electrons. The van der Waals surface area contributed by atoms with Crippen molar-refractivity contribution < 1.29 is 17.9 Å². The predicted molar refractivity (Wildman–Crippen MR) is 83.3 cm³/mol. The van der Waals surface area contributed by atoms with Gasteiger partial charge in [0, 0.05) is 7.05 Å². The zero-order valence-corrected chi connectivity index (χ0v) is 14.1. The summed E-state index contributed by atoms with van der Waals surface area (Å²) in [6, 6.07) is 4.88. The number of para-hydroxylation sites is 1. The number of halogens is 1. The van der Waals surface area contributed by atoms with E-state index in [1.54, 1.807) is 32.2 Å². The van der Waals surface area contributed by atoms with Gasteiger partial charge in [0.2, 0.25) is 0 Å². The van der Waals surface area contributed by atoms with Gasteiger partial charge in [0.25, 0.3) is 10.0 Å². The van der Waals surface area contributed by atoms with Crippen LogP contribution in [0.15, 0.2) is 23.1 Å². The highest BCUT2D eigenvalue weighted by Gasteiger charge is 2.26. The highest BCUT2D eigenvalue weighted by atomic mass is 35.5. The Bertz CT molecular complexity index is 802. The van der Waals surface area contributed by atoms with Crippen LogP contribution in [0.2, 0.25) is 5.15 Å². The van der Waals surface area contributed by atoms with Gasteiger partial charge in [-0.3, -0.25) is 9.40 Å². The fourth-order valence-corrected chi connectivity index (χ4v) is 3.89. The van der Waals surface area contributed by atoms with E-state index in [9.17, 15) is 8.42 Å². The van der Waals surface area contributed by atoms with Crippen LogP contribution in [0.1, 0.15) is 5.69 Å². The van der Waals surface area contributed by atoms with Crippen LogP contribution < -0.4 is 14.2 Å². The molecular formula is C13H16ClN3O4S. The summed E-state index contributed by atoms with van der Waals surface area (Å²) in [6.45, 7) is 1.57. The molecule has 2 aromatic rings. The number of hydrogen-bond donors (Lipinski definition) is 1. The molecule has 0 aliphatic carbocycles. The molecule has 1 aromatic heterocycles. The SMILES string of the molecule is COc1cccc(NS(=O)(=O)c2c(C)nn(C)c2Cl)c1OC. The number of benzene rings is 1. The molecule has 1 N–H and O–H groups in total. The number of ether oxygens (including phenoxy) is 2. The van der Waals surface area contributed by atoms with E-state index in [4.69, 9.17) is 21.1 Å². The highest BCUT2D eigenvalue weighted by Crippen LogP contribution is 2.36. The number of methoxy groups -OCH3 is 2. The van der Waals surface area contributed by atoms with Crippen molar-refractivity contribution in [2.24, 2.45) is 7.05 Å². The minimum atomic E-state index is -3.91. The van der Waals surface area contributed by atoms with Gasteiger partial charge >= 0.3 is 0 Å². The molecule has 1 heterocycles. The minimum Gasteiger partial charge on any atom is -0.493 e. The molecule has 0 bridgehead atoms. The van der Waals surface area contributed by atoms with Crippen LogP contribution in [0.3, 0.4) is 0 Å². The van der Waals surface area contributed by atoms with E-state index in [2.05, 4.69) is 9.82 Å². The number of aryl methyl sites for hydroxylation is 2. The lowest BCUT2D eigenvalue weighted by molar-refractivity contribution is 0.356. The lowest BCUT2D eigenvalue weighted by atomic mass is 10.3. The summed E-state index contributed by atoms with van der Waals surface area (Å²) < 4.78 is 39.3. The second-order valence-electron chi connectivity index (χ2n) is 4.48. The molecule has 0 aliphatic heterocycles. The average molecular weight is 346 g/mol. The van der Waals surface area contributed by atoms with Crippen LogP contribution in [0.5, 0.6) is 11.5 Å². The first-order chi connectivity index (χ1) is 10.3. The van der Waals surface area contributed by atoms with E-state index in [1.165, 1.54) is 18.9 Å². The zero-order valence-electron chi connectivity index (χ0n) is 12.5. The van der Waals surface area contributed by atoms with Gasteiger partial charge in [-0.1, -0.05) is 17.7 Å². The Labute approximate surface area is 133 Å². The first-order valence-corrected chi connectivity index (χ1v) is 8.10. The molecule has 0 unspecified atom stereocenters. The fourth-order valence-electron chi connectivity index (χ4n) is 2.08. The Kier molecular flexibility index (Phi) is 4.52. The first-order valence-electron chi connectivity index (χ1n) is 6.24. The molecule has 9 heteroatoms. The second-order valence-corrected chi connectivity index (χ2v) is 6.45. The third kappa shape index (κ3) is 2.84. The van der Waals surface area contributed by atoms with Crippen LogP contribution in [0, 0.1) is 6.92 Å². The van der Waals surface area contributed by atoms with E-state index >= 15 is 0 Å². The van der Waals surface area contributed by atoms with E-state index in [0.717, 1.165) is 0 Å². The molecule has 2 rings (SSSR count). The molecule has 0 saturated heterocycles. The summed E-state index contributed by atoms with van der Waals surface area (Å²) in [6.07, 6.45) is 0. The maximum absolute atomic E-state index is 12.6. The summed E-state index contributed by atoms with van der Waals surface area (Å²) in [5.41, 5.74) is 0.558. The summed E-state index contributed by atoms with van der Waals surface area (Å²) in [5.74, 6) is 0.697. The fraction of sp³-hybridized carbons (Fsp3) is 0.308. The predicted octanol–water partition coefficient (Wildman–Crippen LogP) is 2.20. The normalized spacial score (nSPS) is 11.3. The summed E-state index contributed by atoms with van der Waals surface area (Å²) >= 11 is 6.02. The Morgan fingerprint density at radius 1 is 1.27 bits per heavy atom. The molecular weight excluding hydrogens is 330 g/mol. The zero-order chi connectivity index (χ0) is 16.5. The summed E-state index contributed by atoms with van der Waals surface area (Å²) in [5, 5.41) is 4.04. The van der Waals surface area contributed by atoms with Crippen molar-refractivity contribution in [2.45, 2.75) is 11.8 Å². The Balaban J connectivity index is 2.50. The van der Waals surface area contributed by atoms with Crippen LogP contribution in [0.4, 0.5) is 5.69 Å². The number of nitrogens with one attached hydrogen (secondary N) is 1. The monoisotopic (exact) mass is 345 g/mol. The Morgan fingerprint density at radius 3 is 2.45 bits per heavy atom. The van der Waals surface area contributed by atoms with Gasteiger partial charge < -0.3 is 9.47 Å². The molecule has 7 nitrogen and oxygen atoms in total. The average Bonchev–Trinajstić information content (AvgIpc) is 2.71. The van der Waals surface area contributed by atoms with Crippen molar-refractivity contribution in [3.05, 3.63) is 29.0 Å². The van der Waals surface area contributed by atoms with Gasteiger partial charge in [-0.25, -0.2) is 8.42 Å². The maximum atomic E-state index is 12.6. The van der Waals surface area contributed by atoms with Crippen LogP contribution >= 0.6 is 11.6 Å². The smallest absolute Gasteiger partial charge is 0.266 e. The van der Waals surface area contributed by atoms with Crippen molar-refractivity contribution in [3.8, 4) is 11.5 Å². The van der Waals surface area contributed by atoms with Crippen molar-refractivity contribution in [3.63, 3.8) is 0 Å². The second kappa shape index (κ2) is 6.05. The topological polar surface area (TPSA) is 82.5 Å². The van der Waals surface area contributed by atoms with Crippen molar-refractivity contribution >= 4 is 27.3 Å². The lowest BCUT2D eigenvalue weighted by Gasteiger charge is -2.14. The minimum absolute atomic E-state index is 0.0341. The van der Waals surface area contributed by atoms with Gasteiger partial charge in [-0.05, 0) is 19.1 Å². The molecule has 0 radical (unpaired) electrons. The number of hydrogen-bond acceptors (Lipinski definition) is 5. The van der Waals surface area contributed by atoms with Gasteiger partial charge in [-0.15, -0.1) is 0 Å².